The summed E-state index contributed by atoms with van der Waals surface area (Å²) in [5, 5.41) is 3.74. The summed E-state index contributed by atoms with van der Waals surface area (Å²) >= 11 is 0. The standard InChI is InChI=1S/C25H41N3O3/c1-24(20-11-7-6-8-12-20)22(30)28(23(31)27(24)2)18-21(29)19-13-16-25(26-17-19)14-9-4-3-5-10-15-25/h19-20,26H,3-18H2,1-2H3. The molecule has 0 radical (unpaired) electrons. The first-order valence-electron chi connectivity index (χ1n) is 12.7. The fraction of sp³-hybridized carbons (Fsp3) is 0.880. The zero-order valence-electron chi connectivity index (χ0n) is 19.6. The molecule has 2 aliphatic heterocycles. The van der Waals surface area contributed by atoms with Gasteiger partial charge in [0.05, 0.1) is 6.54 Å². The van der Waals surface area contributed by atoms with Crippen LogP contribution in [0.1, 0.15) is 96.8 Å². The van der Waals surface area contributed by atoms with Gasteiger partial charge in [0.1, 0.15) is 5.54 Å². The molecule has 2 atom stereocenters. The summed E-state index contributed by atoms with van der Waals surface area (Å²) in [6, 6.07) is -0.299. The van der Waals surface area contributed by atoms with Crippen LogP contribution in [0.2, 0.25) is 0 Å². The minimum atomic E-state index is -0.800. The lowest BCUT2D eigenvalue weighted by Gasteiger charge is -2.42. The maximum Gasteiger partial charge on any atom is 0.327 e. The normalized spacial score (nSPS) is 32.9. The number of urea groups is 1. The van der Waals surface area contributed by atoms with Crippen molar-refractivity contribution >= 4 is 17.7 Å². The Morgan fingerprint density at radius 3 is 2.16 bits per heavy atom. The van der Waals surface area contributed by atoms with Crippen LogP contribution in [-0.4, -0.2) is 58.7 Å². The van der Waals surface area contributed by atoms with Crippen molar-refractivity contribution in [2.45, 2.75) is 108 Å². The largest absolute Gasteiger partial charge is 0.327 e. The lowest BCUT2D eigenvalue weighted by atomic mass is 9.74. The molecule has 2 aliphatic carbocycles. The molecule has 174 valence electrons. The van der Waals surface area contributed by atoms with Crippen LogP contribution < -0.4 is 5.32 Å². The van der Waals surface area contributed by atoms with Gasteiger partial charge in [-0.25, -0.2) is 4.79 Å². The van der Waals surface area contributed by atoms with Crippen molar-refractivity contribution in [3.8, 4) is 0 Å². The van der Waals surface area contributed by atoms with Crippen molar-refractivity contribution in [2.24, 2.45) is 11.8 Å². The Balaban J connectivity index is 1.37. The van der Waals surface area contributed by atoms with Gasteiger partial charge in [-0.15, -0.1) is 0 Å². The topological polar surface area (TPSA) is 69.7 Å². The number of nitrogens with zero attached hydrogens (tertiary/aromatic N) is 2. The van der Waals surface area contributed by atoms with Crippen LogP contribution in [0.15, 0.2) is 0 Å². The fourth-order valence-corrected chi connectivity index (χ4v) is 6.69. The number of hydrogen-bond donors (Lipinski definition) is 1. The van der Waals surface area contributed by atoms with Crippen LogP contribution in [0, 0.1) is 11.8 Å². The molecule has 2 unspecified atom stereocenters. The number of Topliss-reactive ketones (excluding diaryl/α,β-unsaturated/α-hetero) is 1. The molecule has 4 fully saturated rings. The molecule has 3 amide bonds. The second-order valence-corrected chi connectivity index (χ2v) is 10.8. The molecule has 4 aliphatic rings. The number of carbonyl (C=O) groups excluding carboxylic acids is 3. The first-order chi connectivity index (χ1) is 14.9. The molecule has 6 heteroatoms. The molecule has 4 rings (SSSR count). The van der Waals surface area contributed by atoms with Gasteiger partial charge in [0.15, 0.2) is 5.78 Å². The van der Waals surface area contributed by atoms with Crippen molar-refractivity contribution < 1.29 is 14.4 Å². The third-order valence-electron chi connectivity index (χ3n) is 9.07. The van der Waals surface area contributed by atoms with E-state index in [9.17, 15) is 14.4 Å². The van der Waals surface area contributed by atoms with Crippen molar-refractivity contribution in [3.05, 3.63) is 0 Å². The zero-order chi connectivity index (χ0) is 22.1. The molecular formula is C25H41N3O3. The van der Waals surface area contributed by atoms with Crippen molar-refractivity contribution in [1.29, 1.82) is 0 Å². The van der Waals surface area contributed by atoms with Crippen LogP contribution in [0.3, 0.4) is 0 Å². The molecule has 0 bridgehead atoms. The van der Waals surface area contributed by atoms with Crippen LogP contribution in [-0.2, 0) is 9.59 Å². The Hall–Kier alpha value is -1.43. The van der Waals surface area contributed by atoms with E-state index < -0.39 is 5.54 Å². The summed E-state index contributed by atoms with van der Waals surface area (Å²) in [6.07, 6.45) is 16.3. The highest BCUT2D eigenvalue weighted by Crippen LogP contribution is 2.41. The second-order valence-electron chi connectivity index (χ2n) is 10.8. The molecule has 6 nitrogen and oxygen atoms in total. The number of piperidine rings is 1. The Kier molecular flexibility index (Phi) is 6.76. The smallest absolute Gasteiger partial charge is 0.313 e. The predicted molar refractivity (Wildman–Crippen MR) is 121 cm³/mol. The van der Waals surface area contributed by atoms with E-state index in [-0.39, 0.29) is 41.6 Å². The van der Waals surface area contributed by atoms with Gasteiger partial charge in [-0.2, -0.15) is 0 Å². The van der Waals surface area contributed by atoms with Crippen molar-refractivity contribution in [2.75, 3.05) is 20.1 Å². The van der Waals surface area contributed by atoms with E-state index in [1.54, 1.807) is 11.9 Å². The van der Waals surface area contributed by atoms with Gasteiger partial charge in [0, 0.05) is 25.0 Å². The van der Waals surface area contributed by atoms with Gasteiger partial charge < -0.3 is 10.2 Å². The van der Waals surface area contributed by atoms with Gasteiger partial charge in [-0.05, 0) is 51.4 Å². The minimum Gasteiger partial charge on any atom is -0.313 e. The van der Waals surface area contributed by atoms with Gasteiger partial charge >= 0.3 is 6.03 Å². The van der Waals surface area contributed by atoms with Gasteiger partial charge in [-0.3, -0.25) is 14.5 Å². The van der Waals surface area contributed by atoms with E-state index in [0.717, 1.165) is 38.5 Å². The molecule has 0 aromatic heterocycles. The fourth-order valence-electron chi connectivity index (χ4n) is 6.69. The molecule has 1 spiro atoms. The SMILES string of the molecule is CN1C(=O)N(CC(=O)C2CCC3(CCCCCCC3)NC2)C(=O)C1(C)C1CCCCC1. The van der Waals surface area contributed by atoms with Crippen LogP contribution >= 0.6 is 0 Å². The van der Waals surface area contributed by atoms with Crippen molar-refractivity contribution in [1.82, 2.24) is 15.1 Å². The Morgan fingerprint density at radius 1 is 0.935 bits per heavy atom. The van der Waals surface area contributed by atoms with E-state index in [4.69, 9.17) is 0 Å². The number of amides is 3. The molecule has 1 N–H and O–H groups in total. The first-order valence-corrected chi connectivity index (χ1v) is 12.7. The summed E-state index contributed by atoms with van der Waals surface area (Å²) in [5.74, 6) is -0.0291. The average molecular weight is 432 g/mol. The predicted octanol–water partition coefficient (Wildman–Crippen LogP) is 4.27. The monoisotopic (exact) mass is 431 g/mol. The molecular weight excluding hydrogens is 390 g/mol. The van der Waals surface area contributed by atoms with E-state index in [0.29, 0.717) is 6.54 Å². The third-order valence-corrected chi connectivity index (χ3v) is 9.07. The minimum absolute atomic E-state index is 0.0381. The van der Waals surface area contributed by atoms with Crippen LogP contribution in [0.5, 0.6) is 0 Å². The number of likely N-dealkylation sites (N-methyl/N-ethyl adjacent to an activating group) is 1. The zero-order valence-corrected chi connectivity index (χ0v) is 19.6. The highest BCUT2D eigenvalue weighted by molar-refractivity contribution is 6.09. The van der Waals surface area contributed by atoms with E-state index >= 15 is 0 Å². The Labute approximate surface area is 187 Å². The summed E-state index contributed by atoms with van der Waals surface area (Å²) in [4.78, 5) is 42.3. The van der Waals surface area contributed by atoms with Gasteiger partial charge in [-0.1, -0.05) is 51.4 Å². The quantitative estimate of drug-likeness (QED) is 0.675. The van der Waals surface area contributed by atoms with E-state index in [2.05, 4.69) is 5.32 Å². The maximum atomic E-state index is 13.4. The number of nitrogens with one attached hydrogen (secondary N) is 1. The van der Waals surface area contributed by atoms with Gasteiger partial charge in [0.2, 0.25) is 0 Å². The maximum absolute atomic E-state index is 13.4. The highest BCUT2D eigenvalue weighted by atomic mass is 16.2. The summed E-state index contributed by atoms with van der Waals surface area (Å²) in [7, 11) is 1.74. The Morgan fingerprint density at radius 2 is 1.55 bits per heavy atom. The average Bonchev–Trinajstić information content (AvgIpc) is 2.94. The number of ketones is 1. The molecule has 2 heterocycles. The van der Waals surface area contributed by atoms with E-state index in [1.165, 1.54) is 56.3 Å². The molecule has 0 aromatic carbocycles. The summed E-state index contributed by atoms with van der Waals surface area (Å²) < 4.78 is 0. The first kappa shape index (κ1) is 22.8. The number of imide groups is 1. The van der Waals surface area contributed by atoms with Crippen molar-refractivity contribution in [3.63, 3.8) is 0 Å². The molecule has 2 saturated heterocycles. The lowest BCUT2D eigenvalue weighted by Crippen LogP contribution is -2.54. The second kappa shape index (κ2) is 9.21. The molecule has 0 aromatic rings. The van der Waals surface area contributed by atoms with Crippen LogP contribution in [0.4, 0.5) is 4.79 Å². The summed E-state index contributed by atoms with van der Waals surface area (Å²) in [5.41, 5.74) is -0.595. The lowest BCUT2D eigenvalue weighted by molar-refractivity contribution is -0.138. The third kappa shape index (κ3) is 4.29. The number of hydrogen-bond acceptors (Lipinski definition) is 4. The number of rotatable bonds is 4. The van der Waals surface area contributed by atoms with Crippen LogP contribution in [0.25, 0.3) is 0 Å². The summed E-state index contributed by atoms with van der Waals surface area (Å²) in [6.45, 7) is 2.53. The molecule has 31 heavy (non-hydrogen) atoms. The number of carbonyl (C=O) groups is 3. The van der Waals surface area contributed by atoms with Gasteiger partial charge in [0.25, 0.3) is 5.91 Å². The highest BCUT2D eigenvalue weighted by Gasteiger charge is 2.57. The van der Waals surface area contributed by atoms with E-state index in [1.807, 2.05) is 6.92 Å². The Bertz CT molecular complexity index is 684. The molecule has 2 saturated carbocycles.